The molecule has 0 radical (unpaired) electrons. The zero-order chi connectivity index (χ0) is 36.5. The van der Waals surface area contributed by atoms with Gasteiger partial charge in [0.25, 0.3) is 0 Å². The van der Waals surface area contributed by atoms with Gasteiger partial charge in [-0.25, -0.2) is 0 Å². The zero-order valence-electron chi connectivity index (χ0n) is 31.4. The highest BCUT2D eigenvalue weighted by molar-refractivity contribution is 6.04. The summed E-state index contributed by atoms with van der Waals surface area (Å²) in [7, 11) is 2.21. The van der Waals surface area contributed by atoms with Crippen molar-refractivity contribution in [1.82, 2.24) is 0 Å². The molecule has 2 heterocycles. The van der Waals surface area contributed by atoms with Crippen LogP contribution >= 0.6 is 0 Å². The van der Waals surface area contributed by atoms with Crippen LogP contribution in [0.1, 0.15) is 67.0 Å². The first kappa shape index (κ1) is 35.0. The third-order valence-electron chi connectivity index (χ3n) is 11.6. The Labute approximate surface area is 310 Å². The molecule has 2 aliphatic heterocycles. The molecule has 0 amide bonds. The molecule has 0 aliphatic carbocycles. The minimum atomic E-state index is -0.351. The Morgan fingerprint density at radius 3 is 2.37 bits per heavy atom. The monoisotopic (exact) mass is 680 g/mol. The molecule has 3 nitrogen and oxygen atoms in total. The number of hydrogen-bond acceptors (Lipinski definition) is 2. The minimum Gasteiger partial charge on any atom is -0.347 e. The summed E-state index contributed by atoms with van der Waals surface area (Å²) in [4.78, 5) is 2.40. The molecule has 5 aromatic carbocycles. The molecule has 0 bridgehead atoms. The number of rotatable bonds is 11. The standard InChI is InChI=1S/C49H50N3/c1-7-30-49(32-37-23-25-38(34-50)26-24-37)46(51(6)44-28-27-39-16-10-11-18-41(39)47(44)49)22-14-21-45-48(5,33-40-17-9-8-15-36(40)4)42-19-12-13-20-43(42)52(45)31-29-35(2)3/h7-28,35H,1,29-33H2,2-6H3/q+1. The highest BCUT2D eigenvalue weighted by atomic mass is 15.2. The highest BCUT2D eigenvalue weighted by Gasteiger charge is 2.48. The molecule has 0 saturated carbocycles. The number of allylic oxidation sites excluding steroid dienone is 5. The maximum atomic E-state index is 9.54. The quantitative estimate of drug-likeness (QED) is 0.103. The van der Waals surface area contributed by atoms with Gasteiger partial charge in [-0.1, -0.05) is 111 Å². The largest absolute Gasteiger partial charge is 0.347 e. The Kier molecular flexibility index (Phi) is 9.60. The van der Waals surface area contributed by atoms with Crippen molar-refractivity contribution in [2.24, 2.45) is 5.92 Å². The van der Waals surface area contributed by atoms with Gasteiger partial charge >= 0.3 is 0 Å². The SMILES string of the molecule is C=CCC1(Cc2ccc(C#N)cc2)/C(=C\C=C\C2=[N+](CCC(C)C)c3ccccc3C2(C)Cc2ccccc2C)N(C)c2ccc3ccccc3c21. The Morgan fingerprint density at radius 2 is 1.62 bits per heavy atom. The number of aryl methyl sites for hydroxylation is 1. The minimum absolute atomic E-state index is 0.198. The summed E-state index contributed by atoms with van der Waals surface area (Å²) in [6.45, 7) is 14.6. The van der Waals surface area contributed by atoms with Crippen LogP contribution in [0, 0.1) is 24.2 Å². The van der Waals surface area contributed by atoms with E-state index < -0.39 is 0 Å². The van der Waals surface area contributed by atoms with Gasteiger partial charge in [0, 0.05) is 48.0 Å². The fraction of sp³-hybridized carbons (Fsp3) is 0.265. The molecule has 0 N–H and O–H groups in total. The number of nitriles is 1. The Morgan fingerprint density at radius 1 is 0.885 bits per heavy atom. The summed E-state index contributed by atoms with van der Waals surface area (Å²) < 4.78 is 2.59. The first-order valence-corrected chi connectivity index (χ1v) is 18.7. The van der Waals surface area contributed by atoms with Crippen LogP contribution in [-0.4, -0.2) is 23.9 Å². The van der Waals surface area contributed by atoms with E-state index in [9.17, 15) is 5.26 Å². The van der Waals surface area contributed by atoms with Gasteiger partial charge in [-0.15, -0.1) is 6.58 Å². The number of nitrogens with zero attached hydrogens (tertiary/aromatic N) is 3. The van der Waals surface area contributed by atoms with Crippen molar-refractivity contribution in [3.05, 3.63) is 179 Å². The van der Waals surface area contributed by atoms with Gasteiger partial charge in [0.1, 0.15) is 6.54 Å². The van der Waals surface area contributed by atoms with Gasteiger partial charge in [0.2, 0.25) is 5.69 Å². The van der Waals surface area contributed by atoms with Crippen molar-refractivity contribution in [3.63, 3.8) is 0 Å². The van der Waals surface area contributed by atoms with E-state index in [-0.39, 0.29) is 10.8 Å². The summed E-state index contributed by atoms with van der Waals surface area (Å²) >= 11 is 0. The fourth-order valence-corrected chi connectivity index (χ4v) is 8.89. The normalized spacial score (nSPS) is 20.2. The van der Waals surface area contributed by atoms with Gasteiger partial charge in [-0.05, 0) is 96.3 Å². The van der Waals surface area contributed by atoms with Crippen molar-refractivity contribution in [3.8, 4) is 6.07 Å². The van der Waals surface area contributed by atoms with Gasteiger partial charge in [-0.2, -0.15) is 9.84 Å². The number of hydrogen-bond donors (Lipinski definition) is 0. The van der Waals surface area contributed by atoms with E-state index in [0.717, 1.165) is 32.2 Å². The lowest BCUT2D eigenvalue weighted by Crippen LogP contribution is -2.34. The number of para-hydroxylation sites is 1. The maximum Gasteiger partial charge on any atom is 0.209 e. The van der Waals surface area contributed by atoms with Crippen LogP contribution in [0.25, 0.3) is 10.8 Å². The van der Waals surface area contributed by atoms with Crippen molar-refractivity contribution in [2.45, 2.75) is 64.2 Å². The predicted octanol–water partition coefficient (Wildman–Crippen LogP) is 11.3. The van der Waals surface area contributed by atoms with Crippen LogP contribution < -0.4 is 4.90 Å². The second-order valence-electron chi connectivity index (χ2n) is 15.4. The van der Waals surface area contributed by atoms with Crippen LogP contribution in [0.4, 0.5) is 11.4 Å². The van der Waals surface area contributed by atoms with E-state index in [4.69, 9.17) is 0 Å². The summed E-state index contributed by atoms with van der Waals surface area (Å²) in [5, 5.41) is 12.1. The summed E-state index contributed by atoms with van der Waals surface area (Å²) in [6, 6.07) is 41.6. The lowest BCUT2D eigenvalue weighted by atomic mass is 9.70. The average molecular weight is 681 g/mol. The van der Waals surface area contributed by atoms with Crippen molar-refractivity contribution in [2.75, 3.05) is 18.5 Å². The number of likely N-dealkylation sites (N-methyl/N-ethyl adjacent to an activating group) is 1. The zero-order valence-corrected chi connectivity index (χ0v) is 31.4. The Balaban J connectivity index is 1.40. The lowest BCUT2D eigenvalue weighted by Gasteiger charge is -2.33. The van der Waals surface area contributed by atoms with Gasteiger partial charge in [0.05, 0.1) is 17.0 Å². The summed E-state index contributed by atoms with van der Waals surface area (Å²) in [5.41, 5.74) is 12.0. The fourth-order valence-electron chi connectivity index (χ4n) is 8.89. The van der Waals surface area contributed by atoms with Gasteiger partial charge in [-0.3, -0.25) is 0 Å². The van der Waals surface area contributed by atoms with E-state index in [2.05, 4.69) is 178 Å². The first-order valence-electron chi connectivity index (χ1n) is 18.7. The summed E-state index contributed by atoms with van der Waals surface area (Å²) in [5.74, 6) is 0.602. The Bertz CT molecular complexity index is 2280. The average Bonchev–Trinajstić information content (AvgIpc) is 3.52. The molecule has 0 spiro atoms. The topological polar surface area (TPSA) is 30.0 Å². The summed E-state index contributed by atoms with van der Waals surface area (Å²) in [6.07, 6.45) is 12.8. The number of anilines is 1. The van der Waals surface area contributed by atoms with Gasteiger partial charge < -0.3 is 4.90 Å². The smallest absolute Gasteiger partial charge is 0.209 e. The van der Waals surface area contributed by atoms with E-state index in [1.807, 2.05) is 12.1 Å². The van der Waals surface area contributed by atoms with Crippen molar-refractivity contribution in [1.29, 1.82) is 5.26 Å². The second-order valence-corrected chi connectivity index (χ2v) is 15.4. The third kappa shape index (κ3) is 6.11. The molecule has 0 saturated heterocycles. The van der Waals surface area contributed by atoms with Crippen LogP contribution in [-0.2, 0) is 23.7 Å². The molecule has 0 fully saturated rings. The lowest BCUT2D eigenvalue weighted by molar-refractivity contribution is -0.439. The van der Waals surface area contributed by atoms with Crippen LogP contribution in [0.5, 0.6) is 0 Å². The van der Waals surface area contributed by atoms with E-state index in [1.165, 1.54) is 61.4 Å². The molecule has 2 aliphatic rings. The molecule has 2 unspecified atom stereocenters. The number of benzene rings is 5. The molecule has 7 rings (SSSR count). The Hall–Kier alpha value is -5.46. The van der Waals surface area contributed by atoms with E-state index >= 15 is 0 Å². The van der Waals surface area contributed by atoms with Crippen molar-refractivity contribution < 1.29 is 4.58 Å². The second kappa shape index (κ2) is 14.3. The molecule has 0 aromatic heterocycles. The van der Waals surface area contributed by atoms with E-state index in [1.54, 1.807) is 0 Å². The molecule has 5 aromatic rings. The maximum absolute atomic E-state index is 9.54. The van der Waals surface area contributed by atoms with Crippen LogP contribution in [0.2, 0.25) is 0 Å². The third-order valence-corrected chi connectivity index (χ3v) is 11.6. The number of fused-ring (bicyclic) bond motifs is 4. The molecule has 3 heteroatoms. The highest BCUT2D eigenvalue weighted by Crippen LogP contribution is 2.54. The molecule has 260 valence electrons. The molecular weight excluding hydrogens is 631 g/mol. The predicted molar refractivity (Wildman–Crippen MR) is 219 cm³/mol. The molecule has 52 heavy (non-hydrogen) atoms. The van der Waals surface area contributed by atoms with E-state index in [0.29, 0.717) is 11.5 Å². The molecular formula is C49H50N3+. The molecule has 2 atom stereocenters. The first-order chi connectivity index (χ1) is 25.2. The van der Waals surface area contributed by atoms with Gasteiger partial charge in [0.15, 0.2) is 5.71 Å². The van der Waals surface area contributed by atoms with Crippen LogP contribution in [0.3, 0.4) is 0 Å². The van der Waals surface area contributed by atoms with Crippen molar-refractivity contribution >= 4 is 27.9 Å². The van der Waals surface area contributed by atoms with Crippen LogP contribution in [0.15, 0.2) is 146 Å².